The number of carbonyl (C=O) groups is 1. The second-order valence-electron chi connectivity index (χ2n) is 6.08. The SMILES string of the molecule is COCC[C@@]1(CO)CCCN(C(=O)Cn2cc(Cl)c(C)n2)C1. The lowest BCUT2D eigenvalue weighted by molar-refractivity contribution is -0.136. The molecule has 124 valence electrons. The lowest BCUT2D eigenvalue weighted by atomic mass is 9.78. The van der Waals surface area contributed by atoms with E-state index in [1.807, 2.05) is 11.8 Å². The number of aromatic nitrogens is 2. The maximum absolute atomic E-state index is 12.5. The number of halogens is 1. The van der Waals surface area contributed by atoms with Crippen molar-refractivity contribution in [1.29, 1.82) is 0 Å². The van der Waals surface area contributed by atoms with E-state index in [1.165, 1.54) is 0 Å². The lowest BCUT2D eigenvalue weighted by Crippen LogP contribution is -2.49. The lowest BCUT2D eigenvalue weighted by Gasteiger charge is -2.41. The molecule has 1 aromatic heterocycles. The Labute approximate surface area is 136 Å². The van der Waals surface area contributed by atoms with Crippen LogP contribution < -0.4 is 0 Å². The molecule has 0 saturated carbocycles. The van der Waals surface area contributed by atoms with Gasteiger partial charge in [0.2, 0.25) is 5.91 Å². The minimum atomic E-state index is -0.248. The number of aliphatic hydroxyl groups is 1. The van der Waals surface area contributed by atoms with Crippen LogP contribution in [0.3, 0.4) is 0 Å². The standard InChI is InChI=1S/C15H24ClN3O3/c1-12-13(16)8-19(17-12)9-14(21)18-6-3-4-15(10-18,11-20)5-7-22-2/h8,20H,3-7,9-11H2,1-2H3/t15-/m0/s1. The van der Waals surface area contributed by atoms with Crippen LogP contribution in [-0.2, 0) is 16.1 Å². The van der Waals surface area contributed by atoms with E-state index in [2.05, 4.69) is 5.10 Å². The number of aryl methyl sites for hydroxylation is 1. The molecule has 1 atom stereocenters. The van der Waals surface area contributed by atoms with Crippen LogP contribution in [0, 0.1) is 12.3 Å². The van der Waals surface area contributed by atoms with Gasteiger partial charge in [0.05, 0.1) is 17.3 Å². The number of amides is 1. The van der Waals surface area contributed by atoms with Crippen molar-refractivity contribution in [3.63, 3.8) is 0 Å². The molecule has 0 aromatic carbocycles. The van der Waals surface area contributed by atoms with Crippen LogP contribution >= 0.6 is 11.6 Å². The highest BCUT2D eigenvalue weighted by atomic mass is 35.5. The molecule has 0 aliphatic carbocycles. The Morgan fingerprint density at radius 1 is 1.59 bits per heavy atom. The summed E-state index contributed by atoms with van der Waals surface area (Å²) in [6, 6.07) is 0. The average Bonchev–Trinajstić information content (AvgIpc) is 2.83. The fraction of sp³-hybridized carbons (Fsp3) is 0.733. The molecule has 0 radical (unpaired) electrons. The van der Waals surface area contributed by atoms with Crippen molar-refractivity contribution in [3.05, 3.63) is 16.9 Å². The van der Waals surface area contributed by atoms with Gasteiger partial charge < -0.3 is 14.7 Å². The minimum Gasteiger partial charge on any atom is -0.396 e. The summed E-state index contributed by atoms with van der Waals surface area (Å²) in [5.74, 6) is 0.00843. The van der Waals surface area contributed by atoms with Crippen molar-refractivity contribution in [3.8, 4) is 0 Å². The van der Waals surface area contributed by atoms with Crippen molar-refractivity contribution in [1.82, 2.24) is 14.7 Å². The first kappa shape index (κ1) is 17.2. The normalized spacial score (nSPS) is 22.1. The van der Waals surface area contributed by atoms with Gasteiger partial charge in [-0.15, -0.1) is 0 Å². The largest absolute Gasteiger partial charge is 0.396 e. The molecule has 2 heterocycles. The number of methoxy groups -OCH3 is 1. The van der Waals surface area contributed by atoms with E-state index >= 15 is 0 Å². The van der Waals surface area contributed by atoms with E-state index in [0.29, 0.717) is 18.2 Å². The molecule has 0 spiro atoms. The molecule has 0 unspecified atom stereocenters. The molecule has 22 heavy (non-hydrogen) atoms. The van der Waals surface area contributed by atoms with Gasteiger partial charge in [-0.05, 0) is 26.2 Å². The third kappa shape index (κ3) is 4.00. The van der Waals surface area contributed by atoms with Crippen LogP contribution in [0.15, 0.2) is 6.20 Å². The van der Waals surface area contributed by atoms with Gasteiger partial charge >= 0.3 is 0 Å². The molecule has 1 saturated heterocycles. The van der Waals surface area contributed by atoms with Gasteiger partial charge in [0.1, 0.15) is 6.54 Å². The van der Waals surface area contributed by atoms with Crippen molar-refractivity contribution in [2.45, 2.75) is 32.7 Å². The van der Waals surface area contributed by atoms with Gasteiger partial charge in [-0.1, -0.05) is 11.6 Å². The van der Waals surface area contributed by atoms with Gasteiger partial charge in [0, 0.05) is 38.4 Å². The van der Waals surface area contributed by atoms with E-state index < -0.39 is 0 Å². The maximum Gasteiger partial charge on any atom is 0.244 e. The van der Waals surface area contributed by atoms with Gasteiger partial charge in [-0.25, -0.2) is 0 Å². The Bertz CT molecular complexity index is 501. The van der Waals surface area contributed by atoms with Crippen LogP contribution in [0.2, 0.25) is 5.02 Å². The number of nitrogens with zero attached hydrogens (tertiary/aromatic N) is 3. The average molecular weight is 330 g/mol. The quantitative estimate of drug-likeness (QED) is 0.858. The Morgan fingerprint density at radius 2 is 2.36 bits per heavy atom. The number of carbonyl (C=O) groups excluding carboxylic acids is 1. The van der Waals surface area contributed by atoms with Crippen LogP contribution in [0.5, 0.6) is 0 Å². The fourth-order valence-corrected chi connectivity index (χ4v) is 3.12. The van der Waals surface area contributed by atoms with Gasteiger partial charge in [0.15, 0.2) is 0 Å². The summed E-state index contributed by atoms with van der Waals surface area (Å²) < 4.78 is 6.71. The highest BCUT2D eigenvalue weighted by Crippen LogP contribution is 2.33. The molecule has 1 fully saturated rings. The molecule has 2 rings (SSSR count). The summed E-state index contributed by atoms with van der Waals surface area (Å²) in [6.07, 6.45) is 4.25. The number of hydrogen-bond acceptors (Lipinski definition) is 4. The number of hydrogen-bond donors (Lipinski definition) is 1. The third-order valence-corrected chi connectivity index (χ3v) is 4.74. The van der Waals surface area contributed by atoms with E-state index in [0.717, 1.165) is 31.5 Å². The van der Waals surface area contributed by atoms with Crippen LogP contribution in [0.4, 0.5) is 0 Å². The predicted molar refractivity (Wildman–Crippen MR) is 83.8 cm³/mol. The number of piperidine rings is 1. The summed E-state index contributed by atoms with van der Waals surface area (Å²) in [5.41, 5.74) is 0.472. The molecular formula is C15H24ClN3O3. The zero-order chi connectivity index (χ0) is 16.2. The molecule has 1 N–H and O–H groups in total. The summed E-state index contributed by atoms with van der Waals surface area (Å²) >= 11 is 5.97. The smallest absolute Gasteiger partial charge is 0.244 e. The topological polar surface area (TPSA) is 67.6 Å². The van der Waals surface area contributed by atoms with Crippen LogP contribution in [0.25, 0.3) is 0 Å². The number of rotatable bonds is 6. The summed E-state index contributed by atoms with van der Waals surface area (Å²) in [4.78, 5) is 14.3. The first-order valence-electron chi connectivity index (χ1n) is 7.57. The Kier molecular flexibility index (Phi) is 5.83. The minimum absolute atomic E-state index is 0.00843. The zero-order valence-corrected chi connectivity index (χ0v) is 14.0. The van der Waals surface area contributed by atoms with Crippen molar-refractivity contribution in [2.75, 3.05) is 33.4 Å². The van der Waals surface area contributed by atoms with Gasteiger partial charge in [-0.3, -0.25) is 9.48 Å². The molecule has 1 aromatic rings. The number of ether oxygens (including phenoxy) is 1. The van der Waals surface area contributed by atoms with Gasteiger partial charge in [-0.2, -0.15) is 5.10 Å². The second kappa shape index (κ2) is 7.44. The Balaban J connectivity index is 1.99. The Morgan fingerprint density at radius 3 is 2.95 bits per heavy atom. The highest BCUT2D eigenvalue weighted by Gasteiger charge is 2.36. The van der Waals surface area contributed by atoms with Crippen LogP contribution in [-0.4, -0.2) is 59.1 Å². The maximum atomic E-state index is 12.5. The van der Waals surface area contributed by atoms with E-state index in [4.69, 9.17) is 16.3 Å². The number of aliphatic hydroxyl groups excluding tert-OH is 1. The first-order valence-corrected chi connectivity index (χ1v) is 7.94. The molecule has 1 amide bonds. The van der Waals surface area contributed by atoms with Crippen molar-refractivity contribution >= 4 is 17.5 Å². The van der Waals surface area contributed by atoms with Crippen LogP contribution in [0.1, 0.15) is 25.0 Å². The highest BCUT2D eigenvalue weighted by molar-refractivity contribution is 6.31. The molecule has 6 nitrogen and oxygen atoms in total. The fourth-order valence-electron chi connectivity index (χ4n) is 2.96. The van der Waals surface area contributed by atoms with E-state index in [1.54, 1.807) is 18.0 Å². The zero-order valence-electron chi connectivity index (χ0n) is 13.2. The predicted octanol–water partition coefficient (Wildman–Crippen LogP) is 1.48. The number of likely N-dealkylation sites (tertiary alicyclic amines) is 1. The van der Waals surface area contributed by atoms with Crippen molar-refractivity contribution < 1.29 is 14.6 Å². The summed E-state index contributed by atoms with van der Waals surface area (Å²) in [5, 5.41) is 14.6. The summed E-state index contributed by atoms with van der Waals surface area (Å²) in [6.45, 7) is 3.95. The molecular weight excluding hydrogens is 306 g/mol. The van der Waals surface area contributed by atoms with E-state index in [-0.39, 0.29) is 24.5 Å². The van der Waals surface area contributed by atoms with E-state index in [9.17, 15) is 9.90 Å². The Hall–Kier alpha value is -1.11. The molecule has 1 aliphatic rings. The molecule has 1 aliphatic heterocycles. The summed E-state index contributed by atoms with van der Waals surface area (Å²) in [7, 11) is 1.65. The molecule has 7 heteroatoms. The monoisotopic (exact) mass is 329 g/mol. The first-order chi connectivity index (χ1) is 10.5. The second-order valence-corrected chi connectivity index (χ2v) is 6.49. The van der Waals surface area contributed by atoms with Gasteiger partial charge in [0.25, 0.3) is 0 Å². The van der Waals surface area contributed by atoms with Crippen molar-refractivity contribution in [2.24, 2.45) is 5.41 Å². The third-order valence-electron chi connectivity index (χ3n) is 4.37. The molecule has 0 bridgehead atoms.